The Kier molecular flexibility index (Phi) is 5.97. The van der Waals surface area contributed by atoms with Crippen LogP contribution >= 0.6 is 22.9 Å². The van der Waals surface area contributed by atoms with Crippen molar-refractivity contribution in [2.75, 3.05) is 12.4 Å². The fourth-order valence-corrected chi connectivity index (χ4v) is 4.00. The molecule has 4 rings (SSSR count). The van der Waals surface area contributed by atoms with E-state index in [1.807, 2.05) is 36.6 Å². The second-order valence-corrected chi connectivity index (χ2v) is 8.38. The zero-order valence-corrected chi connectivity index (χ0v) is 18.5. The van der Waals surface area contributed by atoms with Crippen LogP contribution in [-0.4, -0.2) is 33.7 Å². The van der Waals surface area contributed by atoms with Crippen molar-refractivity contribution in [3.05, 3.63) is 87.0 Å². The van der Waals surface area contributed by atoms with Crippen LogP contribution in [0.1, 0.15) is 31.5 Å². The highest BCUT2D eigenvalue weighted by Crippen LogP contribution is 2.25. The van der Waals surface area contributed by atoms with E-state index in [-0.39, 0.29) is 18.4 Å². The fourth-order valence-electron chi connectivity index (χ4n) is 3.22. The first-order chi connectivity index (χ1) is 14.9. The molecule has 2 aromatic carbocycles. The molecule has 8 heteroatoms. The molecule has 0 saturated carbocycles. The highest BCUT2D eigenvalue weighted by molar-refractivity contribution is 7.12. The number of fused-ring (bicyclic) bond motifs is 1. The lowest BCUT2D eigenvalue weighted by Crippen LogP contribution is -2.27. The summed E-state index contributed by atoms with van der Waals surface area (Å²) >= 11 is 7.56. The first-order valence-electron chi connectivity index (χ1n) is 9.54. The average molecular weight is 451 g/mol. The summed E-state index contributed by atoms with van der Waals surface area (Å²) in [5, 5.41) is 5.94. The largest absolute Gasteiger partial charge is 0.334 e. The van der Waals surface area contributed by atoms with Gasteiger partial charge in [0.15, 0.2) is 0 Å². The van der Waals surface area contributed by atoms with Gasteiger partial charge < -0.3 is 10.2 Å². The van der Waals surface area contributed by atoms with Crippen LogP contribution in [0.25, 0.3) is 10.9 Å². The maximum atomic E-state index is 13.0. The monoisotopic (exact) mass is 450 g/mol. The van der Waals surface area contributed by atoms with Crippen molar-refractivity contribution in [3.8, 4) is 0 Å². The molecule has 0 spiro atoms. The molecule has 4 aromatic rings. The molecule has 0 unspecified atom stereocenters. The van der Waals surface area contributed by atoms with Crippen molar-refractivity contribution in [2.24, 2.45) is 0 Å². The van der Waals surface area contributed by atoms with E-state index in [0.717, 1.165) is 16.6 Å². The molecule has 0 atom stereocenters. The fraction of sp³-hybridized carbons (Fsp3) is 0.130. The summed E-state index contributed by atoms with van der Waals surface area (Å²) in [6.45, 7) is 2.18. The van der Waals surface area contributed by atoms with Gasteiger partial charge in [0.1, 0.15) is 5.82 Å². The quantitative estimate of drug-likeness (QED) is 0.454. The number of carbonyl (C=O) groups excluding carboxylic acids is 2. The Balaban J connectivity index is 1.53. The predicted octanol–water partition coefficient (Wildman–Crippen LogP) is 5.18. The Labute approximate surface area is 188 Å². The van der Waals surface area contributed by atoms with Gasteiger partial charge in [-0.3, -0.25) is 9.59 Å². The Morgan fingerprint density at radius 1 is 1.10 bits per heavy atom. The van der Waals surface area contributed by atoms with E-state index < -0.39 is 0 Å². The lowest BCUT2D eigenvalue weighted by atomic mass is 10.1. The van der Waals surface area contributed by atoms with Crippen molar-refractivity contribution in [2.45, 2.75) is 13.5 Å². The van der Waals surface area contributed by atoms with Gasteiger partial charge in [-0.15, -0.1) is 11.3 Å². The molecule has 2 aromatic heterocycles. The third-order valence-corrected chi connectivity index (χ3v) is 5.97. The lowest BCUT2D eigenvalue weighted by molar-refractivity contribution is 0.0781. The zero-order valence-electron chi connectivity index (χ0n) is 16.9. The van der Waals surface area contributed by atoms with Gasteiger partial charge in [0, 0.05) is 23.7 Å². The molecule has 2 heterocycles. The minimum Gasteiger partial charge on any atom is -0.334 e. The molecule has 1 N–H and O–H groups in total. The summed E-state index contributed by atoms with van der Waals surface area (Å²) in [5.74, 6) is 0.0693. The number of nitrogens with zero attached hydrogens (tertiary/aromatic N) is 3. The van der Waals surface area contributed by atoms with Crippen molar-refractivity contribution < 1.29 is 9.59 Å². The molecule has 156 valence electrons. The normalized spacial score (nSPS) is 10.8. The van der Waals surface area contributed by atoms with Gasteiger partial charge in [-0.1, -0.05) is 35.9 Å². The Morgan fingerprint density at radius 2 is 1.90 bits per heavy atom. The molecular weight excluding hydrogens is 432 g/mol. The molecule has 6 nitrogen and oxygen atoms in total. The molecule has 0 saturated heterocycles. The molecule has 2 amide bonds. The third-order valence-electron chi connectivity index (χ3n) is 4.77. The lowest BCUT2D eigenvalue weighted by Gasteiger charge is -2.18. The number of hydrogen-bond donors (Lipinski definition) is 1. The number of rotatable bonds is 5. The maximum Gasteiger partial charge on any atom is 0.265 e. The van der Waals surface area contributed by atoms with Crippen LogP contribution in [-0.2, 0) is 6.54 Å². The number of carbonyl (C=O) groups is 2. The Morgan fingerprint density at radius 3 is 2.68 bits per heavy atom. The van der Waals surface area contributed by atoms with Gasteiger partial charge in [-0.25, -0.2) is 9.97 Å². The summed E-state index contributed by atoms with van der Waals surface area (Å²) in [7, 11) is 1.69. The smallest absolute Gasteiger partial charge is 0.265 e. The van der Waals surface area contributed by atoms with Crippen LogP contribution in [0.4, 0.5) is 5.69 Å². The van der Waals surface area contributed by atoms with Gasteiger partial charge in [0.25, 0.3) is 11.8 Å². The molecule has 0 aliphatic carbocycles. The average Bonchev–Trinajstić information content (AvgIpc) is 3.30. The van der Waals surface area contributed by atoms with Gasteiger partial charge in [0.05, 0.1) is 27.6 Å². The molecule has 0 aliphatic rings. The first kappa shape index (κ1) is 21.0. The Hall–Kier alpha value is -3.29. The SMILES string of the molecule is Cc1nc(CN(C)C(=O)c2ccc(Cl)c(NC(=O)c3cccs3)c2)nc2ccccc12. The molecule has 0 fully saturated rings. The van der Waals surface area contributed by atoms with Crippen molar-refractivity contribution in [1.29, 1.82) is 0 Å². The van der Waals surface area contributed by atoms with Crippen molar-refractivity contribution in [3.63, 3.8) is 0 Å². The van der Waals surface area contributed by atoms with E-state index in [1.54, 1.807) is 37.4 Å². The topological polar surface area (TPSA) is 75.2 Å². The molecule has 0 radical (unpaired) electrons. The first-order valence-corrected chi connectivity index (χ1v) is 10.8. The predicted molar refractivity (Wildman–Crippen MR) is 124 cm³/mol. The highest BCUT2D eigenvalue weighted by atomic mass is 35.5. The van der Waals surface area contributed by atoms with Crippen molar-refractivity contribution in [1.82, 2.24) is 14.9 Å². The number of benzene rings is 2. The Bertz CT molecular complexity index is 1270. The van der Waals surface area contributed by atoms with Crippen LogP contribution in [0.15, 0.2) is 60.0 Å². The van der Waals surface area contributed by atoms with Gasteiger partial charge >= 0.3 is 0 Å². The zero-order chi connectivity index (χ0) is 22.0. The highest BCUT2D eigenvalue weighted by Gasteiger charge is 2.17. The van der Waals surface area contributed by atoms with Crippen LogP contribution < -0.4 is 5.32 Å². The second kappa shape index (κ2) is 8.83. The molecular formula is C23H19ClN4O2S. The number of halogens is 1. The number of para-hydroxylation sites is 1. The number of hydrogen-bond acceptors (Lipinski definition) is 5. The summed E-state index contributed by atoms with van der Waals surface area (Å²) in [5.41, 5.74) is 2.51. The summed E-state index contributed by atoms with van der Waals surface area (Å²) in [6, 6.07) is 16.1. The van der Waals surface area contributed by atoms with E-state index in [1.165, 1.54) is 16.2 Å². The van der Waals surface area contributed by atoms with E-state index in [0.29, 0.717) is 27.0 Å². The van der Waals surface area contributed by atoms with Crippen LogP contribution in [0.5, 0.6) is 0 Å². The minimum atomic E-state index is -0.269. The van der Waals surface area contributed by atoms with Crippen molar-refractivity contribution >= 4 is 51.3 Å². The van der Waals surface area contributed by atoms with Crippen LogP contribution in [0.2, 0.25) is 5.02 Å². The number of thiophene rings is 1. The van der Waals surface area contributed by atoms with E-state index in [4.69, 9.17) is 11.6 Å². The van der Waals surface area contributed by atoms with Crippen LogP contribution in [0.3, 0.4) is 0 Å². The number of nitrogens with one attached hydrogen (secondary N) is 1. The third kappa shape index (κ3) is 4.57. The summed E-state index contributed by atoms with van der Waals surface area (Å²) < 4.78 is 0. The molecule has 0 bridgehead atoms. The maximum absolute atomic E-state index is 13.0. The van der Waals surface area contributed by atoms with E-state index in [2.05, 4.69) is 15.3 Å². The standard InChI is InChI=1S/C23H19ClN4O2S/c1-14-16-6-3-4-7-18(16)26-21(25-14)13-28(2)23(30)15-9-10-17(24)19(12-15)27-22(29)20-8-5-11-31-20/h3-12H,13H2,1-2H3,(H,27,29). The number of anilines is 1. The van der Waals surface area contributed by atoms with Gasteiger partial charge in [-0.05, 0) is 42.6 Å². The molecule has 31 heavy (non-hydrogen) atoms. The molecule has 0 aliphatic heterocycles. The van der Waals surface area contributed by atoms with Gasteiger partial charge in [-0.2, -0.15) is 0 Å². The van der Waals surface area contributed by atoms with Gasteiger partial charge in [0.2, 0.25) is 0 Å². The minimum absolute atomic E-state index is 0.224. The number of aromatic nitrogens is 2. The van der Waals surface area contributed by atoms with E-state index >= 15 is 0 Å². The summed E-state index contributed by atoms with van der Waals surface area (Å²) in [4.78, 5) is 36.6. The summed E-state index contributed by atoms with van der Waals surface area (Å²) in [6.07, 6.45) is 0. The van der Waals surface area contributed by atoms with Crippen LogP contribution in [0, 0.1) is 6.92 Å². The number of amides is 2. The number of aryl methyl sites for hydroxylation is 1. The second-order valence-electron chi connectivity index (χ2n) is 7.03. The van der Waals surface area contributed by atoms with E-state index in [9.17, 15) is 9.59 Å².